The number of hydrogen-bond donors (Lipinski definition) is 0. The van der Waals surface area contributed by atoms with Gasteiger partial charge in [-0.3, -0.25) is 4.79 Å². The Morgan fingerprint density at radius 2 is 2.06 bits per heavy atom. The first-order valence-electron chi connectivity index (χ1n) is 5.75. The van der Waals surface area contributed by atoms with Gasteiger partial charge in [-0.25, -0.2) is 0 Å². The van der Waals surface area contributed by atoms with Gasteiger partial charge in [0.2, 0.25) is 0 Å². The molecule has 17 heavy (non-hydrogen) atoms. The third-order valence-corrected chi connectivity index (χ3v) is 4.36. The second-order valence-electron chi connectivity index (χ2n) is 4.77. The highest BCUT2D eigenvalue weighted by Gasteiger charge is 2.31. The minimum absolute atomic E-state index is 0.126. The fraction of sp³-hybridized carbons (Fsp3) is 0.462. The molecule has 0 spiro atoms. The molecule has 1 fully saturated rings. The van der Waals surface area contributed by atoms with Crippen molar-refractivity contribution in [1.82, 2.24) is 4.90 Å². The molecule has 0 aliphatic carbocycles. The third kappa shape index (κ3) is 2.74. The molecule has 0 saturated carbocycles. The molecule has 2 nitrogen and oxygen atoms in total. The van der Waals surface area contributed by atoms with E-state index in [4.69, 9.17) is 0 Å². The van der Waals surface area contributed by atoms with Crippen molar-refractivity contribution in [2.45, 2.75) is 26.3 Å². The molecule has 1 heterocycles. The SMILES string of the molecule is CC1CC(C)N(C(=O)c2ccc(Br)cc2Br)C1. The average Bonchev–Trinajstić information content (AvgIpc) is 2.57. The van der Waals surface area contributed by atoms with E-state index in [1.54, 1.807) is 0 Å². The highest BCUT2D eigenvalue weighted by atomic mass is 79.9. The van der Waals surface area contributed by atoms with Crippen LogP contribution < -0.4 is 0 Å². The molecule has 2 rings (SSSR count). The smallest absolute Gasteiger partial charge is 0.255 e. The van der Waals surface area contributed by atoms with E-state index in [0.29, 0.717) is 12.0 Å². The molecule has 2 atom stereocenters. The van der Waals surface area contributed by atoms with Crippen molar-refractivity contribution < 1.29 is 4.79 Å². The average molecular weight is 361 g/mol. The lowest BCUT2D eigenvalue weighted by Gasteiger charge is -2.22. The molecule has 1 aliphatic rings. The minimum Gasteiger partial charge on any atom is -0.336 e. The Balaban J connectivity index is 2.25. The first-order chi connectivity index (χ1) is 7.99. The van der Waals surface area contributed by atoms with Crippen LogP contribution in [0, 0.1) is 5.92 Å². The second kappa shape index (κ2) is 5.11. The van der Waals surface area contributed by atoms with E-state index in [-0.39, 0.29) is 5.91 Å². The topological polar surface area (TPSA) is 20.3 Å². The number of nitrogens with zero attached hydrogens (tertiary/aromatic N) is 1. The molecule has 1 aromatic rings. The molecule has 1 aromatic carbocycles. The first kappa shape index (κ1) is 13.1. The van der Waals surface area contributed by atoms with Crippen LogP contribution >= 0.6 is 31.9 Å². The number of benzene rings is 1. The highest BCUT2D eigenvalue weighted by molar-refractivity contribution is 9.11. The zero-order valence-electron chi connectivity index (χ0n) is 9.91. The molecule has 1 amide bonds. The quantitative estimate of drug-likeness (QED) is 0.738. The van der Waals surface area contributed by atoms with E-state index in [1.807, 2.05) is 23.1 Å². The number of hydrogen-bond acceptors (Lipinski definition) is 1. The predicted octanol–water partition coefficient (Wildman–Crippen LogP) is 4.08. The summed E-state index contributed by atoms with van der Waals surface area (Å²) in [5.74, 6) is 0.726. The second-order valence-corrected chi connectivity index (χ2v) is 6.54. The van der Waals surface area contributed by atoms with Crippen LogP contribution in [0.4, 0.5) is 0 Å². The molecule has 1 saturated heterocycles. The van der Waals surface area contributed by atoms with Gasteiger partial charge in [0.25, 0.3) is 5.91 Å². The van der Waals surface area contributed by atoms with Crippen LogP contribution in [0.5, 0.6) is 0 Å². The van der Waals surface area contributed by atoms with Crippen molar-refractivity contribution in [3.63, 3.8) is 0 Å². The summed E-state index contributed by atoms with van der Waals surface area (Å²) in [5, 5.41) is 0. The first-order valence-corrected chi connectivity index (χ1v) is 7.33. The van der Waals surface area contributed by atoms with Gasteiger partial charge < -0.3 is 4.90 Å². The Labute approximate surface area is 119 Å². The summed E-state index contributed by atoms with van der Waals surface area (Å²) in [6.45, 7) is 5.18. The van der Waals surface area contributed by atoms with Crippen molar-refractivity contribution in [2.75, 3.05) is 6.54 Å². The van der Waals surface area contributed by atoms with Gasteiger partial charge >= 0.3 is 0 Å². The van der Waals surface area contributed by atoms with Gasteiger partial charge in [-0.2, -0.15) is 0 Å². The van der Waals surface area contributed by atoms with Crippen molar-refractivity contribution in [1.29, 1.82) is 0 Å². The number of halogens is 2. The molecule has 2 unspecified atom stereocenters. The van der Waals surface area contributed by atoms with Crippen LogP contribution in [-0.2, 0) is 0 Å². The van der Waals surface area contributed by atoms with Crippen LogP contribution in [-0.4, -0.2) is 23.4 Å². The monoisotopic (exact) mass is 359 g/mol. The Morgan fingerprint density at radius 3 is 2.59 bits per heavy atom. The maximum atomic E-state index is 12.4. The van der Waals surface area contributed by atoms with Crippen LogP contribution in [0.15, 0.2) is 27.1 Å². The van der Waals surface area contributed by atoms with Gasteiger partial charge in [-0.1, -0.05) is 22.9 Å². The van der Waals surface area contributed by atoms with Crippen LogP contribution in [0.1, 0.15) is 30.6 Å². The van der Waals surface area contributed by atoms with E-state index < -0.39 is 0 Å². The lowest BCUT2D eigenvalue weighted by Crippen LogP contribution is -2.34. The molecule has 92 valence electrons. The predicted molar refractivity (Wildman–Crippen MR) is 76.1 cm³/mol. The molecule has 0 N–H and O–H groups in total. The summed E-state index contributed by atoms with van der Waals surface area (Å²) in [6.07, 6.45) is 1.10. The maximum Gasteiger partial charge on any atom is 0.255 e. The van der Waals surface area contributed by atoms with Crippen LogP contribution in [0.2, 0.25) is 0 Å². The van der Waals surface area contributed by atoms with Crippen molar-refractivity contribution in [3.8, 4) is 0 Å². The molecular weight excluding hydrogens is 346 g/mol. The standard InChI is InChI=1S/C13H15Br2NO/c1-8-5-9(2)16(7-8)13(17)11-4-3-10(14)6-12(11)15/h3-4,6,8-9H,5,7H2,1-2H3. The number of amides is 1. The van der Waals surface area contributed by atoms with Gasteiger partial charge in [-0.15, -0.1) is 0 Å². The fourth-order valence-corrected chi connectivity index (χ4v) is 3.62. The molecule has 0 aromatic heterocycles. The summed E-state index contributed by atoms with van der Waals surface area (Å²) in [6, 6.07) is 6.03. The summed E-state index contributed by atoms with van der Waals surface area (Å²) in [7, 11) is 0. The van der Waals surface area contributed by atoms with Crippen LogP contribution in [0.25, 0.3) is 0 Å². The largest absolute Gasteiger partial charge is 0.336 e. The number of rotatable bonds is 1. The summed E-state index contributed by atoms with van der Waals surface area (Å²) in [5.41, 5.74) is 0.745. The van der Waals surface area contributed by atoms with Gasteiger partial charge in [0.05, 0.1) is 5.56 Å². The lowest BCUT2D eigenvalue weighted by molar-refractivity contribution is 0.0743. The van der Waals surface area contributed by atoms with E-state index in [2.05, 4.69) is 45.7 Å². The fourth-order valence-electron chi connectivity index (χ4n) is 2.40. The van der Waals surface area contributed by atoms with Crippen molar-refractivity contribution in [2.24, 2.45) is 5.92 Å². The molecule has 4 heteroatoms. The summed E-state index contributed by atoms with van der Waals surface area (Å²) >= 11 is 6.85. The van der Waals surface area contributed by atoms with Crippen LogP contribution in [0.3, 0.4) is 0 Å². The van der Waals surface area contributed by atoms with Gasteiger partial charge in [0, 0.05) is 21.5 Å². The Bertz CT molecular complexity index is 447. The third-order valence-electron chi connectivity index (χ3n) is 3.21. The molecule has 1 aliphatic heterocycles. The van der Waals surface area contributed by atoms with E-state index in [0.717, 1.165) is 27.5 Å². The Hall–Kier alpha value is -0.350. The highest BCUT2D eigenvalue weighted by Crippen LogP contribution is 2.28. The zero-order valence-corrected chi connectivity index (χ0v) is 13.1. The normalized spacial score (nSPS) is 24.1. The van der Waals surface area contributed by atoms with Crippen molar-refractivity contribution in [3.05, 3.63) is 32.7 Å². The Kier molecular flexibility index (Phi) is 3.93. The molecule has 0 radical (unpaired) electrons. The number of likely N-dealkylation sites (tertiary alicyclic amines) is 1. The van der Waals surface area contributed by atoms with E-state index in [1.165, 1.54) is 0 Å². The lowest BCUT2D eigenvalue weighted by atomic mass is 10.1. The van der Waals surface area contributed by atoms with Gasteiger partial charge in [-0.05, 0) is 53.4 Å². The maximum absolute atomic E-state index is 12.4. The summed E-state index contributed by atoms with van der Waals surface area (Å²) < 4.78 is 1.83. The molecular formula is C13H15Br2NO. The summed E-state index contributed by atoms with van der Waals surface area (Å²) in [4.78, 5) is 14.4. The van der Waals surface area contributed by atoms with Crippen molar-refractivity contribution >= 4 is 37.8 Å². The number of carbonyl (C=O) groups excluding carboxylic acids is 1. The van der Waals surface area contributed by atoms with Gasteiger partial charge in [0.1, 0.15) is 0 Å². The minimum atomic E-state index is 0.126. The Morgan fingerprint density at radius 1 is 1.35 bits per heavy atom. The zero-order chi connectivity index (χ0) is 12.6. The van der Waals surface area contributed by atoms with E-state index in [9.17, 15) is 4.79 Å². The number of carbonyl (C=O) groups is 1. The van der Waals surface area contributed by atoms with Gasteiger partial charge in [0.15, 0.2) is 0 Å². The van der Waals surface area contributed by atoms with E-state index >= 15 is 0 Å². The molecule has 0 bridgehead atoms.